The minimum absolute atomic E-state index is 0.0260. The molecule has 0 atom stereocenters. The summed E-state index contributed by atoms with van der Waals surface area (Å²) in [5.74, 6) is 0.863. The average molecular weight is 308 g/mol. The van der Waals surface area contributed by atoms with Crippen molar-refractivity contribution >= 4 is 20.4 Å². The minimum atomic E-state index is -0.501. The Morgan fingerprint density at radius 1 is 0.714 bits per heavy atom. The molecule has 0 unspecified atom stereocenters. The molecule has 0 fully saturated rings. The van der Waals surface area contributed by atoms with E-state index in [4.69, 9.17) is 9.05 Å². The van der Waals surface area contributed by atoms with Gasteiger partial charge < -0.3 is 9.05 Å². The van der Waals surface area contributed by atoms with Gasteiger partial charge >= 0.3 is 0 Å². The zero-order valence-electron chi connectivity index (χ0n) is 10.5. The lowest BCUT2D eigenvalue weighted by atomic mass is 10.3. The highest BCUT2D eigenvalue weighted by Gasteiger charge is 2.06. The molecule has 2 rings (SSSR count). The molecule has 108 valence electrons. The summed E-state index contributed by atoms with van der Waals surface area (Å²) in [6.07, 6.45) is 0. The summed E-state index contributed by atoms with van der Waals surface area (Å²) in [5, 5.41) is 21.0. The third kappa shape index (κ3) is 4.12. The zero-order chi connectivity index (χ0) is 15.2. The maximum atomic E-state index is 10.5. The van der Waals surface area contributed by atoms with Crippen molar-refractivity contribution in [2.45, 2.75) is 0 Å². The molecule has 0 heterocycles. The van der Waals surface area contributed by atoms with Gasteiger partial charge in [-0.05, 0) is 24.3 Å². The fourth-order valence-electron chi connectivity index (χ4n) is 1.39. The first-order chi connectivity index (χ1) is 10.1. The number of hydrogen-bond donors (Lipinski definition) is 0. The van der Waals surface area contributed by atoms with Crippen molar-refractivity contribution < 1.29 is 18.9 Å². The largest absolute Gasteiger partial charge is 0.441 e. The van der Waals surface area contributed by atoms with Crippen molar-refractivity contribution in [2.24, 2.45) is 0 Å². The number of rotatable bonds is 6. The Bertz CT molecular complexity index is 586. The van der Waals surface area contributed by atoms with E-state index in [2.05, 4.69) is 0 Å². The Labute approximate surface area is 120 Å². The second kappa shape index (κ2) is 6.62. The Balaban J connectivity index is 1.86. The van der Waals surface area contributed by atoms with Crippen LogP contribution in [0.4, 0.5) is 11.4 Å². The number of non-ortho nitro benzene ring substituents is 2. The molecule has 0 radical (unpaired) electrons. The molecule has 0 aliphatic heterocycles. The highest BCUT2D eigenvalue weighted by Crippen LogP contribution is 2.27. The fraction of sp³-hybridized carbons (Fsp3) is 0. The van der Waals surface area contributed by atoms with Crippen LogP contribution in [-0.2, 0) is 0 Å². The summed E-state index contributed by atoms with van der Waals surface area (Å²) in [5.41, 5.74) is -0.0519. The highest BCUT2D eigenvalue weighted by molar-refractivity contribution is 7.27. The second-order valence-electron chi connectivity index (χ2n) is 3.79. The first-order valence-corrected chi connectivity index (χ1v) is 6.45. The van der Waals surface area contributed by atoms with Gasteiger partial charge in [-0.15, -0.1) is 0 Å². The minimum Gasteiger partial charge on any atom is -0.441 e. The summed E-state index contributed by atoms with van der Waals surface area (Å²) in [4.78, 5) is 20.0. The second-order valence-corrected chi connectivity index (χ2v) is 4.36. The van der Waals surface area contributed by atoms with Crippen molar-refractivity contribution in [1.29, 1.82) is 0 Å². The van der Waals surface area contributed by atoms with Crippen molar-refractivity contribution in [1.82, 2.24) is 0 Å². The molecule has 21 heavy (non-hydrogen) atoms. The van der Waals surface area contributed by atoms with E-state index in [1.165, 1.54) is 48.5 Å². The van der Waals surface area contributed by atoms with Crippen LogP contribution < -0.4 is 9.05 Å². The molecule has 8 nitrogen and oxygen atoms in total. The SMILES string of the molecule is O=[N+]([O-])c1ccc(OPOc2ccc([N+](=O)[O-])cc2)cc1. The molecule has 9 heteroatoms. The first kappa shape index (κ1) is 14.7. The van der Waals surface area contributed by atoms with Gasteiger partial charge in [-0.3, -0.25) is 20.2 Å². The quantitative estimate of drug-likeness (QED) is 0.459. The van der Waals surface area contributed by atoms with E-state index in [-0.39, 0.29) is 20.4 Å². The normalized spacial score (nSPS) is 9.90. The molecule has 0 N–H and O–H groups in total. The van der Waals surface area contributed by atoms with Crippen molar-refractivity contribution in [2.75, 3.05) is 0 Å². The highest BCUT2D eigenvalue weighted by atomic mass is 31.1. The van der Waals surface area contributed by atoms with E-state index in [9.17, 15) is 20.2 Å². The van der Waals surface area contributed by atoms with Crippen LogP contribution >= 0.6 is 9.03 Å². The Morgan fingerprint density at radius 3 is 1.33 bits per heavy atom. The van der Waals surface area contributed by atoms with Gasteiger partial charge in [-0.25, -0.2) is 0 Å². The van der Waals surface area contributed by atoms with Crippen LogP contribution in [0.1, 0.15) is 0 Å². The molecule has 0 saturated carbocycles. The smallest absolute Gasteiger partial charge is 0.275 e. The third-order valence-corrected chi connectivity index (χ3v) is 3.05. The molecular formula is C12H9N2O6P. The standard InChI is InChI=1S/C12H9N2O6P/c15-13(16)9-1-5-11(6-2-9)19-21-20-12-7-3-10(4-8-12)14(17)18/h1-8,21H. The van der Waals surface area contributed by atoms with Crippen LogP contribution in [0.3, 0.4) is 0 Å². The van der Waals surface area contributed by atoms with Gasteiger partial charge in [0.25, 0.3) is 20.4 Å². The van der Waals surface area contributed by atoms with Crippen molar-refractivity contribution in [3.8, 4) is 11.5 Å². The van der Waals surface area contributed by atoms with Crippen LogP contribution in [0.15, 0.2) is 48.5 Å². The summed E-state index contributed by atoms with van der Waals surface area (Å²) < 4.78 is 10.5. The van der Waals surface area contributed by atoms with Crippen LogP contribution in [0, 0.1) is 20.2 Å². The number of hydrogen-bond acceptors (Lipinski definition) is 6. The number of nitro groups is 2. The Hall–Kier alpha value is -2.73. The van der Waals surface area contributed by atoms with E-state index in [0.29, 0.717) is 11.5 Å². The topological polar surface area (TPSA) is 105 Å². The van der Waals surface area contributed by atoms with E-state index in [1.807, 2.05) is 0 Å². The molecule has 2 aromatic rings. The van der Waals surface area contributed by atoms with E-state index >= 15 is 0 Å². The van der Waals surface area contributed by atoms with Gasteiger partial charge in [0.15, 0.2) is 0 Å². The molecule has 0 saturated heterocycles. The Morgan fingerprint density at radius 2 is 1.05 bits per heavy atom. The van der Waals surface area contributed by atoms with Crippen LogP contribution in [0.2, 0.25) is 0 Å². The molecule has 0 aliphatic rings. The average Bonchev–Trinajstić information content (AvgIpc) is 2.48. The van der Waals surface area contributed by atoms with E-state index in [0.717, 1.165) is 0 Å². The van der Waals surface area contributed by atoms with Crippen LogP contribution in [0.25, 0.3) is 0 Å². The monoisotopic (exact) mass is 308 g/mol. The molecule has 0 aliphatic carbocycles. The molecule has 0 aromatic heterocycles. The van der Waals surface area contributed by atoms with Crippen molar-refractivity contribution in [3.63, 3.8) is 0 Å². The summed E-state index contributed by atoms with van der Waals surface area (Å²) in [6, 6.07) is 11.2. The molecule has 0 bridgehead atoms. The van der Waals surface area contributed by atoms with E-state index in [1.54, 1.807) is 0 Å². The lowest BCUT2D eigenvalue weighted by Gasteiger charge is -2.06. The van der Waals surface area contributed by atoms with Gasteiger partial charge in [0.2, 0.25) is 0 Å². The third-order valence-electron chi connectivity index (χ3n) is 2.41. The molecule has 2 aromatic carbocycles. The lowest BCUT2D eigenvalue weighted by molar-refractivity contribution is -0.385. The maximum Gasteiger partial charge on any atom is 0.275 e. The summed E-state index contributed by atoms with van der Waals surface area (Å²) in [7, 11) is -0.370. The van der Waals surface area contributed by atoms with Crippen LogP contribution in [0.5, 0.6) is 11.5 Å². The summed E-state index contributed by atoms with van der Waals surface area (Å²) >= 11 is 0. The predicted octanol–water partition coefficient (Wildman–Crippen LogP) is 3.47. The van der Waals surface area contributed by atoms with Gasteiger partial charge in [-0.1, -0.05) is 0 Å². The summed E-state index contributed by atoms with van der Waals surface area (Å²) in [6.45, 7) is 0. The lowest BCUT2D eigenvalue weighted by Crippen LogP contribution is -1.89. The van der Waals surface area contributed by atoms with Crippen LogP contribution in [-0.4, -0.2) is 9.85 Å². The molecule has 0 spiro atoms. The van der Waals surface area contributed by atoms with Gasteiger partial charge in [0.05, 0.1) is 9.85 Å². The van der Waals surface area contributed by atoms with Crippen molar-refractivity contribution in [3.05, 3.63) is 68.8 Å². The predicted molar refractivity (Wildman–Crippen MR) is 75.8 cm³/mol. The Kier molecular flexibility index (Phi) is 4.63. The number of nitro benzene ring substituents is 2. The maximum absolute atomic E-state index is 10.5. The van der Waals surface area contributed by atoms with Gasteiger partial charge in [-0.2, -0.15) is 0 Å². The molecular weight excluding hydrogens is 299 g/mol. The fourth-order valence-corrected chi connectivity index (χ4v) is 1.90. The number of benzene rings is 2. The van der Waals surface area contributed by atoms with Gasteiger partial charge in [0.1, 0.15) is 11.5 Å². The first-order valence-electron chi connectivity index (χ1n) is 5.64. The van der Waals surface area contributed by atoms with E-state index < -0.39 is 9.85 Å². The number of nitrogens with zero attached hydrogens (tertiary/aromatic N) is 2. The zero-order valence-corrected chi connectivity index (χ0v) is 11.5. The molecule has 0 amide bonds. The van der Waals surface area contributed by atoms with Gasteiger partial charge in [0, 0.05) is 24.3 Å².